The van der Waals surface area contributed by atoms with Gasteiger partial charge in [-0.25, -0.2) is 0 Å². The summed E-state index contributed by atoms with van der Waals surface area (Å²) in [5.74, 6) is 1.26. The molecule has 0 unspecified atom stereocenters. The molecule has 1 aliphatic rings. The molecule has 2 amide bonds. The van der Waals surface area contributed by atoms with Gasteiger partial charge in [0.15, 0.2) is 0 Å². The standard InChI is InChI=1S/C25H24N2O3S/c1-2-30-22-14-12-21(13-15-22)27-24(29)17-31-25(27)19-8-10-20(11-9-19)26-23(28)16-18-6-4-3-5-7-18/h3-15,25H,2,16-17H2,1H3,(H,26,28)/t25-/m0/s1. The van der Waals surface area contributed by atoms with E-state index in [-0.39, 0.29) is 17.2 Å². The van der Waals surface area contributed by atoms with Crippen LogP contribution < -0.4 is 15.0 Å². The van der Waals surface area contributed by atoms with Gasteiger partial charge in [-0.2, -0.15) is 0 Å². The zero-order valence-electron chi connectivity index (χ0n) is 17.3. The number of benzene rings is 3. The molecule has 4 rings (SSSR count). The summed E-state index contributed by atoms with van der Waals surface area (Å²) in [5, 5.41) is 2.84. The van der Waals surface area contributed by atoms with Gasteiger partial charge in [0.1, 0.15) is 11.1 Å². The summed E-state index contributed by atoms with van der Waals surface area (Å²) in [5.41, 5.74) is 3.59. The van der Waals surface area contributed by atoms with Gasteiger partial charge in [-0.3, -0.25) is 14.5 Å². The van der Waals surface area contributed by atoms with Gasteiger partial charge < -0.3 is 10.1 Å². The van der Waals surface area contributed by atoms with Gasteiger partial charge in [-0.05, 0) is 54.4 Å². The molecule has 1 fully saturated rings. The van der Waals surface area contributed by atoms with Crippen molar-refractivity contribution in [2.45, 2.75) is 18.7 Å². The van der Waals surface area contributed by atoms with E-state index in [1.807, 2.05) is 90.7 Å². The Morgan fingerprint density at radius 1 is 1.03 bits per heavy atom. The van der Waals surface area contributed by atoms with E-state index in [9.17, 15) is 9.59 Å². The first kappa shape index (κ1) is 21.0. The van der Waals surface area contributed by atoms with Gasteiger partial charge in [-0.1, -0.05) is 42.5 Å². The highest BCUT2D eigenvalue weighted by molar-refractivity contribution is 8.00. The fourth-order valence-electron chi connectivity index (χ4n) is 3.54. The fourth-order valence-corrected chi connectivity index (χ4v) is 4.71. The number of ether oxygens (including phenoxy) is 1. The predicted molar refractivity (Wildman–Crippen MR) is 126 cm³/mol. The van der Waals surface area contributed by atoms with Crippen molar-refractivity contribution in [3.63, 3.8) is 0 Å². The lowest BCUT2D eigenvalue weighted by Gasteiger charge is -2.24. The van der Waals surface area contributed by atoms with Gasteiger partial charge in [0.25, 0.3) is 0 Å². The molecule has 1 aliphatic heterocycles. The normalized spacial score (nSPS) is 15.7. The number of hydrogen-bond donors (Lipinski definition) is 1. The van der Waals surface area contributed by atoms with Crippen molar-refractivity contribution in [3.05, 3.63) is 90.0 Å². The Hall–Kier alpha value is -3.25. The van der Waals surface area contributed by atoms with Crippen molar-refractivity contribution in [3.8, 4) is 5.75 Å². The summed E-state index contributed by atoms with van der Waals surface area (Å²) in [6.07, 6.45) is 0.334. The molecule has 0 spiro atoms. The van der Waals surface area contributed by atoms with E-state index in [1.54, 1.807) is 11.8 Å². The molecule has 0 bridgehead atoms. The van der Waals surface area contributed by atoms with Crippen LogP contribution in [0, 0.1) is 0 Å². The van der Waals surface area contributed by atoms with Crippen LogP contribution in [0.5, 0.6) is 5.75 Å². The van der Waals surface area contributed by atoms with Gasteiger partial charge in [0.2, 0.25) is 11.8 Å². The Kier molecular flexibility index (Phi) is 6.57. The Bertz CT molecular complexity index is 1040. The van der Waals surface area contributed by atoms with Crippen LogP contribution in [0.4, 0.5) is 11.4 Å². The maximum atomic E-state index is 12.6. The summed E-state index contributed by atoms with van der Waals surface area (Å²) in [6.45, 7) is 2.55. The molecule has 0 radical (unpaired) electrons. The molecule has 1 N–H and O–H groups in total. The molecule has 1 atom stereocenters. The van der Waals surface area contributed by atoms with Gasteiger partial charge in [-0.15, -0.1) is 11.8 Å². The van der Waals surface area contributed by atoms with Crippen molar-refractivity contribution in [2.75, 3.05) is 22.6 Å². The number of carbonyl (C=O) groups excluding carboxylic acids is 2. The molecule has 1 saturated heterocycles. The average Bonchev–Trinajstić information content (AvgIpc) is 3.17. The van der Waals surface area contributed by atoms with E-state index in [0.717, 1.165) is 28.3 Å². The van der Waals surface area contributed by atoms with Crippen LogP contribution in [0.2, 0.25) is 0 Å². The van der Waals surface area contributed by atoms with E-state index in [0.29, 0.717) is 18.8 Å². The second-order valence-corrected chi connectivity index (χ2v) is 8.26. The molecule has 5 nitrogen and oxygen atoms in total. The summed E-state index contributed by atoms with van der Waals surface area (Å²) in [4.78, 5) is 26.7. The number of carbonyl (C=O) groups is 2. The van der Waals surface area contributed by atoms with Crippen LogP contribution in [0.25, 0.3) is 0 Å². The third-order valence-corrected chi connectivity index (χ3v) is 6.19. The topological polar surface area (TPSA) is 58.6 Å². The number of anilines is 2. The first-order chi connectivity index (χ1) is 15.1. The quantitative estimate of drug-likeness (QED) is 0.568. The monoisotopic (exact) mass is 432 g/mol. The van der Waals surface area contributed by atoms with Crippen molar-refractivity contribution in [1.82, 2.24) is 0 Å². The zero-order chi connectivity index (χ0) is 21.6. The third kappa shape index (κ3) is 5.09. The molecule has 0 aromatic heterocycles. The van der Waals surface area contributed by atoms with Crippen LogP contribution in [0.1, 0.15) is 23.4 Å². The Morgan fingerprint density at radius 3 is 2.42 bits per heavy atom. The second-order valence-electron chi connectivity index (χ2n) is 7.19. The van der Waals surface area contributed by atoms with Crippen LogP contribution >= 0.6 is 11.8 Å². The molecule has 0 saturated carbocycles. The molecule has 6 heteroatoms. The highest BCUT2D eigenvalue weighted by Crippen LogP contribution is 2.42. The first-order valence-electron chi connectivity index (χ1n) is 10.2. The maximum absolute atomic E-state index is 12.6. The first-order valence-corrected chi connectivity index (χ1v) is 11.3. The van der Waals surface area contributed by atoms with Crippen LogP contribution in [-0.2, 0) is 16.0 Å². The van der Waals surface area contributed by atoms with E-state index in [1.165, 1.54) is 0 Å². The Balaban J connectivity index is 1.44. The number of hydrogen-bond acceptors (Lipinski definition) is 4. The van der Waals surface area contributed by atoms with Gasteiger partial charge >= 0.3 is 0 Å². The van der Waals surface area contributed by atoms with Crippen LogP contribution in [0.15, 0.2) is 78.9 Å². The van der Waals surface area contributed by atoms with Crippen molar-refractivity contribution >= 4 is 35.0 Å². The SMILES string of the molecule is CCOc1ccc(N2C(=O)CS[C@H]2c2ccc(NC(=O)Cc3ccccc3)cc2)cc1. The molecule has 0 aliphatic carbocycles. The molecular formula is C25H24N2O3S. The van der Waals surface area contributed by atoms with E-state index in [4.69, 9.17) is 4.74 Å². The number of rotatable bonds is 7. The third-order valence-electron chi connectivity index (χ3n) is 4.98. The number of nitrogens with one attached hydrogen (secondary N) is 1. The smallest absolute Gasteiger partial charge is 0.238 e. The van der Waals surface area contributed by atoms with Crippen molar-refractivity contribution in [1.29, 1.82) is 0 Å². The lowest BCUT2D eigenvalue weighted by Crippen LogP contribution is -2.27. The van der Waals surface area contributed by atoms with E-state index < -0.39 is 0 Å². The zero-order valence-corrected chi connectivity index (χ0v) is 18.1. The van der Waals surface area contributed by atoms with Crippen LogP contribution in [-0.4, -0.2) is 24.2 Å². The average molecular weight is 433 g/mol. The molecular weight excluding hydrogens is 408 g/mol. The van der Waals surface area contributed by atoms with Crippen molar-refractivity contribution < 1.29 is 14.3 Å². The van der Waals surface area contributed by atoms with Crippen molar-refractivity contribution in [2.24, 2.45) is 0 Å². The van der Waals surface area contributed by atoms with E-state index in [2.05, 4.69) is 5.32 Å². The molecule has 3 aromatic rings. The largest absolute Gasteiger partial charge is 0.494 e. The summed E-state index contributed by atoms with van der Waals surface area (Å²) >= 11 is 1.60. The molecule has 1 heterocycles. The Labute approximate surface area is 186 Å². The number of thioether (sulfide) groups is 1. The number of nitrogens with zero attached hydrogens (tertiary/aromatic N) is 1. The summed E-state index contributed by atoms with van der Waals surface area (Å²) < 4.78 is 5.50. The highest BCUT2D eigenvalue weighted by Gasteiger charge is 2.34. The predicted octanol–water partition coefficient (Wildman–Crippen LogP) is 5.05. The minimum absolute atomic E-state index is 0.0552. The second kappa shape index (κ2) is 9.71. The fraction of sp³-hybridized carbons (Fsp3) is 0.200. The Morgan fingerprint density at radius 2 is 1.74 bits per heavy atom. The van der Waals surface area contributed by atoms with Crippen LogP contribution in [0.3, 0.4) is 0 Å². The maximum Gasteiger partial charge on any atom is 0.238 e. The van der Waals surface area contributed by atoms with E-state index >= 15 is 0 Å². The minimum atomic E-state index is -0.0977. The highest BCUT2D eigenvalue weighted by atomic mass is 32.2. The molecule has 3 aromatic carbocycles. The summed E-state index contributed by atoms with van der Waals surface area (Å²) in [6, 6.07) is 25.0. The number of amides is 2. The molecule has 158 valence electrons. The van der Waals surface area contributed by atoms with Gasteiger partial charge in [0, 0.05) is 11.4 Å². The molecule has 31 heavy (non-hydrogen) atoms. The summed E-state index contributed by atoms with van der Waals surface area (Å²) in [7, 11) is 0. The minimum Gasteiger partial charge on any atom is -0.494 e. The lowest BCUT2D eigenvalue weighted by atomic mass is 10.1. The lowest BCUT2D eigenvalue weighted by molar-refractivity contribution is -0.116. The van der Waals surface area contributed by atoms with Gasteiger partial charge in [0.05, 0.1) is 18.8 Å².